The first-order chi connectivity index (χ1) is 12.4. The lowest BCUT2D eigenvalue weighted by molar-refractivity contribution is -0.385. The maximum Gasteiger partial charge on any atom is 0.278 e. The summed E-state index contributed by atoms with van der Waals surface area (Å²) in [5.74, 6) is -2.13. The van der Waals surface area contributed by atoms with Crippen LogP contribution in [0.2, 0.25) is 0 Å². The molecular formula is C16H13FN4O5. The van der Waals surface area contributed by atoms with Crippen LogP contribution >= 0.6 is 0 Å². The van der Waals surface area contributed by atoms with Crippen molar-refractivity contribution in [2.75, 3.05) is 6.54 Å². The van der Waals surface area contributed by atoms with Gasteiger partial charge < -0.3 is 10.4 Å². The summed E-state index contributed by atoms with van der Waals surface area (Å²) in [6.45, 7) is -0.436. The highest BCUT2D eigenvalue weighted by molar-refractivity contribution is 5.96. The van der Waals surface area contributed by atoms with Crippen LogP contribution in [0, 0.1) is 15.9 Å². The number of halogens is 1. The van der Waals surface area contributed by atoms with E-state index in [0.29, 0.717) is 0 Å². The number of nitro benzene ring substituents is 1. The number of phenols is 1. The molecule has 0 aromatic heterocycles. The SMILES string of the molecule is O=C(CNC(=O)c1cccc(F)c1)N/N=C/c1cc(O)ccc1[N+](=O)[O-]. The third kappa shape index (κ3) is 5.09. The Kier molecular flexibility index (Phi) is 5.93. The van der Waals surface area contributed by atoms with Crippen molar-refractivity contribution in [1.29, 1.82) is 0 Å². The summed E-state index contributed by atoms with van der Waals surface area (Å²) in [7, 11) is 0. The summed E-state index contributed by atoms with van der Waals surface area (Å²) in [6.07, 6.45) is 0.990. The molecule has 0 aliphatic carbocycles. The molecule has 2 aromatic rings. The first-order valence-electron chi connectivity index (χ1n) is 7.20. The number of benzene rings is 2. The van der Waals surface area contributed by atoms with Crippen LogP contribution in [0.25, 0.3) is 0 Å². The predicted octanol–water partition coefficient (Wildman–Crippen LogP) is 1.32. The van der Waals surface area contributed by atoms with Gasteiger partial charge in [0.1, 0.15) is 11.6 Å². The summed E-state index contributed by atoms with van der Waals surface area (Å²) >= 11 is 0. The molecular weight excluding hydrogens is 347 g/mol. The summed E-state index contributed by atoms with van der Waals surface area (Å²) in [5, 5.41) is 26.0. The molecule has 2 aromatic carbocycles. The molecule has 9 nitrogen and oxygen atoms in total. The molecule has 0 aliphatic rings. The van der Waals surface area contributed by atoms with E-state index in [9.17, 15) is 29.2 Å². The Morgan fingerprint density at radius 2 is 2.04 bits per heavy atom. The molecule has 0 heterocycles. The molecule has 0 spiro atoms. The minimum atomic E-state index is -0.700. The molecule has 10 heteroatoms. The summed E-state index contributed by atoms with van der Waals surface area (Å²) in [6, 6.07) is 8.30. The van der Waals surface area contributed by atoms with E-state index >= 15 is 0 Å². The number of nitrogens with zero attached hydrogens (tertiary/aromatic N) is 2. The second-order valence-electron chi connectivity index (χ2n) is 4.99. The van der Waals surface area contributed by atoms with Gasteiger partial charge in [-0.15, -0.1) is 0 Å². The average Bonchev–Trinajstić information content (AvgIpc) is 2.59. The van der Waals surface area contributed by atoms with Gasteiger partial charge in [0.05, 0.1) is 23.2 Å². The van der Waals surface area contributed by atoms with Gasteiger partial charge in [0.2, 0.25) is 0 Å². The van der Waals surface area contributed by atoms with Crippen molar-refractivity contribution in [3.05, 3.63) is 69.5 Å². The number of hydrazone groups is 1. The van der Waals surface area contributed by atoms with Gasteiger partial charge in [0.15, 0.2) is 0 Å². The van der Waals surface area contributed by atoms with E-state index in [-0.39, 0.29) is 22.6 Å². The van der Waals surface area contributed by atoms with Crippen molar-refractivity contribution in [3.63, 3.8) is 0 Å². The molecule has 0 saturated heterocycles. The van der Waals surface area contributed by atoms with Crippen LogP contribution in [0.15, 0.2) is 47.6 Å². The van der Waals surface area contributed by atoms with Crippen molar-refractivity contribution in [2.24, 2.45) is 5.10 Å². The van der Waals surface area contributed by atoms with Crippen molar-refractivity contribution < 1.29 is 24.0 Å². The Balaban J connectivity index is 1.91. The number of hydrogen-bond donors (Lipinski definition) is 3. The molecule has 0 saturated carbocycles. The summed E-state index contributed by atoms with van der Waals surface area (Å²) in [4.78, 5) is 33.6. The van der Waals surface area contributed by atoms with Crippen LogP contribution in [0.4, 0.5) is 10.1 Å². The van der Waals surface area contributed by atoms with Crippen LogP contribution in [0.1, 0.15) is 15.9 Å². The van der Waals surface area contributed by atoms with E-state index < -0.39 is 29.1 Å². The van der Waals surface area contributed by atoms with Crippen molar-refractivity contribution in [1.82, 2.24) is 10.7 Å². The van der Waals surface area contributed by atoms with Crippen molar-refractivity contribution >= 4 is 23.7 Å². The zero-order valence-electron chi connectivity index (χ0n) is 13.2. The highest BCUT2D eigenvalue weighted by atomic mass is 19.1. The Morgan fingerprint density at radius 1 is 1.27 bits per heavy atom. The minimum absolute atomic E-state index is 0.0147. The number of amides is 2. The number of phenolic OH excluding ortho intramolecular Hbond substituents is 1. The van der Waals surface area contributed by atoms with Crippen molar-refractivity contribution in [2.45, 2.75) is 0 Å². The maximum atomic E-state index is 13.0. The summed E-state index contributed by atoms with van der Waals surface area (Å²) in [5.41, 5.74) is 1.80. The maximum absolute atomic E-state index is 13.0. The van der Waals surface area contributed by atoms with Crippen molar-refractivity contribution in [3.8, 4) is 5.75 Å². The molecule has 0 atom stereocenters. The third-order valence-electron chi connectivity index (χ3n) is 3.10. The molecule has 134 valence electrons. The van der Waals surface area contributed by atoms with Crippen LogP contribution in [-0.2, 0) is 4.79 Å². The topological polar surface area (TPSA) is 134 Å². The Morgan fingerprint density at radius 3 is 2.73 bits per heavy atom. The molecule has 0 unspecified atom stereocenters. The van der Waals surface area contributed by atoms with Gasteiger partial charge >= 0.3 is 0 Å². The molecule has 3 N–H and O–H groups in total. The molecule has 0 bridgehead atoms. The molecule has 26 heavy (non-hydrogen) atoms. The zero-order valence-corrected chi connectivity index (χ0v) is 13.2. The number of rotatable bonds is 6. The van der Waals surface area contributed by atoms with Gasteiger partial charge in [0, 0.05) is 11.6 Å². The number of nitro groups is 1. The fraction of sp³-hybridized carbons (Fsp3) is 0.0625. The number of aromatic hydroxyl groups is 1. The molecule has 0 aliphatic heterocycles. The van der Waals surface area contributed by atoms with Gasteiger partial charge in [0.25, 0.3) is 17.5 Å². The second kappa shape index (κ2) is 8.33. The van der Waals surface area contributed by atoms with Gasteiger partial charge in [-0.2, -0.15) is 5.10 Å². The highest BCUT2D eigenvalue weighted by Gasteiger charge is 2.13. The van der Waals surface area contributed by atoms with Crippen LogP contribution in [0.5, 0.6) is 5.75 Å². The molecule has 2 rings (SSSR count). The smallest absolute Gasteiger partial charge is 0.278 e. The molecule has 2 amide bonds. The average molecular weight is 360 g/mol. The number of hydrogen-bond acceptors (Lipinski definition) is 6. The second-order valence-corrected chi connectivity index (χ2v) is 4.99. The fourth-order valence-corrected chi connectivity index (χ4v) is 1.92. The minimum Gasteiger partial charge on any atom is -0.508 e. The number of nitrogens with one attached hydrogen (secondary N) is 2. The van der Waals surface area contributed by atoms with Crippen LogP contribution in [-0.4, -0.2) is 34.6 Å². The number of carbonyl (C=O) groups excluding carboxylic acids is 2. The van der Waals surface area contributed by atoms with E-state index in [1.807, 2.05) is 0 Å². The van der Waals surface area contributed by atoms with Gasteiger partial charge in [-0.3, -0.25) is 19.7 Å². The number of carbonyl (C=O) groups is 2. The lowest BCUT2D eigenvalue weighted by Gasteiger charge is -2.04. The van der Waals surface area contributed by atoms with E-state index in [2.05, 4.69) is 15.8 Å². The highest BCUT2D eigenvalue weighted by Crippen LogP contribution is 2.21. The quantitative estimate of drug-likeness (QED) is 0.406. The van der Waals surface area contributed by atoms with E-state index in [0.717, 1.165) is 30.5 Å². The van der Waals surface area contributed by atoms with Crippen LogP contribution < -0.4 is 10.7 Å². The standard InChI is InChI=1S/C16H13FN4O5/c17-12-3-1-2-10(6-12)16(24)18-9-15(23)20-19-8-11-7-13(22)4-5-14(11)21(25)26/h1-8,22H,9H2,(H,18,24)(H,20,23)/b19-8+. The van der Waals surface area contributed by atoms with Gasteiger partial charge in [-0.1, -0.05) is 6.07 Å². The monoisotopic (exact) mass is 360 g/mol. The lowest BCUT2D eigenvalue weighted by atomic mass is 10.2. The van der Waals surface area contributed by atoms with Gasteiger partial charge in [-0.05, 0) is 30.3 Å². The Hall–Kier alpha value is -3.82. The van der Waals surface area contributed by atoms with Crippen LogP contribution in [0.3, 0.4) is 0 Å². The Bertz CT molecular complexity index is 885. The van der Waals surface area contributed by atoms with E-state index in [1.54, 1.807) is 0 Å². The normalized spacial score (nSPS) is 10.5. The molecule has 0 radical (unpaired) electrons. The van der Waals surface area contributed by atoms with E-state index in [1.165, 1.54) is 18.2 Å². The Labute approximate surface area is 146 Å². The van der Waals surface area contributed by atoms with Gasteiger partial charge in [-0.25, -0.2) is 9.82 Å². The predicted molar refractivity (Wildman–Crippen MR) is 89.2 cm³/mol. The first kappa shape index (κ1) is 18.5. The fourth-order valence-electron chi connectivity index (χ4n) is 1.92. The van der Waals surface area contributed by atoms with E-state index in [4.69, 9.17) is 0 Å². The lowest BCUT2D eigenvalue weighted by Crippen LogP contribution is -2.34. The first-order valence-corrected chi connectivity index (χ1v) is 7.20. The third-order valence-corrected chi connectivity index (χ3v) is 3.10. The largest absolute Gasteiger partial charge is 0.508 e. The summed E-state index contributed by atoms with van der Waals surface area (Å²) < 4.78 is 13.0. The zero-order chi connectivity index (χ0) is 19.1. The molecule has 0 fully saturated rings.